The number of aryl methyl sites for hydroxylation is 1. The van der Waals surface area contributed by atoms with Crippen LogP contribution in [0.15, 0.2) is 36.5 Å². The zero-order valence-corrected chi connectivity index (χ0v) is 16.0. The fourth-order valence-electron chi connectivity index (χ4n) is 3.22. The molecular formula is C20H27N5O2. The molecule has 144 valence electrons. The molecule has 7 heteroatoms. The van der Waals surface area contributed by atoms with Crippen LogP contribution in [-0.4, -0.2) is 50.8 Å². The van der Waals surface area contributed by atoms with Crippen molar-refractivity contribution in [1.29, 1.82) is 0 Å². The number of carbonyl (C=O) groups is 2. The van der Waals surface area contributed by atoms with E-state index in [1.165, 1.54) is 5.56 Å². The molecule has 0 unspecified atom stereocenters. The number of hydrogen-bond acceptors (Lipinski definition) is 4. The van der Waals surface area contributed by atoms with Crippen molar-refractivity contribution in [2.24, 2.45) is 0 Å². The van der Waals surface area contributed by atoms with E-state index < -0.39 is 0 Å². The minimum absolute atomic E-state index is 0.0693. The molecule has 2 amide bonds. The van der Waals surface area contributed by atoms with Crippen molar-refractivity contribution >= 4 is 11.8 Å². The molecule has 0 saturated carbocycles. The molecule has 1 fully saturated rings. The third-order valence-corrected chi connectivity index (χ3v) is 4.93. The van der Waals surface area contributed by atoms with Gasteiger partial charge in [0.1, 0.15) is 0 Å². The second-order valence-electron chi connectivity index (χ2n) is 7.29. The molecule has 1 aromatic carbocycles. The Morgan fingerprint density at radius 2 is 1.89 bits per heavy atom. The highest BCUT2D eigenvalue weighted by Crippen LogP contribution is 2.14. The Balaban J connectivity index is 1.42. The molecule has 2 aromatic rings. The molecule has 1 aliphatic heterocycles. The number of benzene rings is 1. The van der Waals surface area contributed by atoms with Gasteiger partial charge in [-0.1, -0.05) is 35.5 Å². The van der Waals surface area contributed by atoms with Crippen molar-refractivity contribution in [2.45, 2.75) is 51.6 Å². The first-order valence-corrected chi connectivity index (χ1v) is 9.57. The van der Waals surface area contributed by atoms with Crippen molar-refractivity contribution < 1.29 is 9.59 Å². The van der Waals surface area contributed by atoms with Gasteiger partial charge in [-0.25, -0.2) is 4.68 Å². The van der Waals surface area contributed by atoms with Crippen LogP contribution in [0.4, 0.5) is 0 Å². The van der Waals surface area contributed by atoms with Gasteiger partial charge >= 0.3 is 0 Å². The van der Waals surface area contributed by atoms with Gasteiger partial charge in [-0.2, -0.15) is 0 Å². The first-order valence-electron chi connectivity index (χ1n) is 9.57. The lowest BCUT2D eigenvalue weighted by atomic mass is 10.0. The molecule has 1 N–H and O–H groups in total. The molecule has 2 heterocycles. The highest BCUT2D eigenvalue weighted by atomic mass is 16.2. The third-order valence-electron chi connectivity index (χ3n) is 4.93. The fraction of sp³-hybridized carbons (Fsp3) is 0.500. The molecule has 3 rings (SSSR count). The van der Waals surface area contributed by atoms with Gasteiger partial charge in [0.15, 0.2) is 5.69 Å². The summed E-state index contributed by atoms with van der Waals surface area (Å²) in [4.78, 5) is 26.6. The second kappa shape index (κ2) is 8.79. The third kappa shape index (κ3) is 5.15. The van der Waals surface area contributed by atoms with Gasteiger partial charge in [0.2, 0.25) is 5.91 Å². The summed E-state index contributed by atoms with van der Waals surface area (Å²) in [5.41, 5.74) is 1.52. The predicted octanol–water partition coefficient (Wildman–Crippen LogP) is 2.21. The normalized spacial score (nSPS) is 15.1. The number of hydrogen-bond donors (Lipinski definition) is 1. The first kappa shape index (κ1) is 19.1. The van der Waals surface area contributed by atoms with E-state index in [0.29, 0.717) is 25.2 Å². The molecule has 0 radical (unpaired) electrons. The number of rotatable bonds is 6. The zero-order chi connectivity index (χ0) is 19.2. The van der Waals surface area contributed by atoms with Gasteiger partial charge < -0.3 is 10.2 Å². The Morgan fingerprint density at radius 3 is 2.52 bits per heavy atom. The van der Waals surface area contributed by atoms with E-state index in [1.807, 2.05) is 49.1 Å². The van der Waals surface area contributed by atoms with Crippen LogP contribution in [0, 0.1) is 0 Å². The van der Waals surface area contributed by atoms with Gasteiger partial charge in [-0.15, -0.1) is 5.10 Å². The van der Waals surface area contributed by atoms with Gasteiger partial charge in [-0.05, 0) is 38.7 Å². The number of amides is 2. The van der Waals surface area contributed by atoms with Crippen molar-refractivity contribution in [1.82, 2.24) is 25.2 Å². The lowest BCUT2D eigenvalue weighted by Gasteiger charge is -2.32. The second-order valence-corrected chi connectivity index (χ2v) is 7.29. The summed E-state index contributed by atoms with van der Waals surface area (Å²) in [7, 11) is 0. The fourth-order valence-corrected chi connectivity index (χ4v) is 3.22. The lowest BCUT2D eigenvalue weighted by Crippen LogP contribution is -2.46. The number of piperidine rings is 1. The summed E-state index contributed by atoms with van der Waals surface area (Å²) in [6.07, 6.45) is 4.49. The van der Waals surface area contributed by atoms with Crippen LogP contribution >= 0.6 is 0 Å². The number of carbonyl (C=O) groups excluding carboxylic acids is 2. The van der Waals surface area contributed by atoms with E-state index in [9.17, 15) is 9.59 Å². The Bertz CT molecular complexity index is 764. The number of nitrogens with zero attached hydrogens (tertiary/aromatic N) is 4. The van der Waals surface area contributed by atoms with Gasteiger partial charge in [0.05, 0.1) is 6.20 Å². The summed E-state index contributed by atoms with van der Waals surface area (Å²) in [5, 5.41) is 10.9. The number of nitrogens with one attached hydrogen (secondary N) is 1. The smallest absolute Gasteiger partial charge is 0.273 e. The number of likely N-dealkylation sites (tertiary alicyclic amines) is 1. The maximum Gasteiger partial charge on any atom is 0.273 e. The largest absolute Gasteiger partial charge is 0.348 e. The van der Waals surface area contributed by atoms with Crippen molar-refractivity contribution in [3.8, 4) is 0 Å². The highest BCUT2D eigenvalue weighted by Gasteiger charge is 2.24. The van der Waals surface area contributed by atoms with E-state index in [-0.39, 0.29) is 23.9 Å². The van der Waals surface area contributed by atoms with Crippen LogP contribution in [0.25, 0.3) is 0 Å². The first-order chi connectivity index (χ1) is 13.0. The van der Waals surface area contributed by atoms with Gasteiger partial charge in [0, 0.05) is 31.6 Å². The molecule has 0 aliphatic carbocycles. The molecule has 0 atom stereocenters. The average molecular weight is 369 g/mol. The highest BCUT2D eigenvalue weighted by molar-refractivity contribution is 5.92. The van der Waals surface area contributed by atoms with E-state index >= 15 is 0 Å². The van der Waals surface area contributed by atoms with Crippen molar-refractivity contribution in [2.75, 3.05) is 13.1 Å². The summed E-state index contributed by atoms with van der Waals surface area (Å²) >= 11 is 0. The van der Waals surface area contributed by atoms with E-state index in [4.69, 9.17) is 0 Å². The van der Waals surface area contributed by atoms with Crippen molar-refractivity contribution in [3.05, 3.63) is 47.8 Å². The van der Waals surface area contributed by atoms with Crippen LogP contribution in [0.1, 0.15) is 55.2 Å². The zero-order valence-electron chi connectivity index (χ0n) is 16.0. The quantitative estimate of drug-likeness (QED) is 0.847. The molecule has 1 aromatic heterocycles. The van der Waals surface area contributed by atoms with Gasteiger partial charge in [-0.3, -0.25) is 9.59 Å². The molecule has 1 aliphatic rings. The Labute approximate surface area is 159 Å². The van der Waals surface area contributed by atoms with Crippen LogP contribution < -0.4 is 5.32 Å². The van der Waals surface area contributed by atoms with E-state index in [0.717, 1.165) is 19.3 Å². The summed E-state index contributed by atoms with van der Waals surface area (Å²) in [6, 6.07) is 10.3. The summed E-state index contributed by atoms with van der Waals surface area (Å²) in [6.45, 7) is 5.33. The number of aromatic nitrogens is 3. The van der Waals surface area contributed by atoms with Crippen LogP contribution in [0.3, 0.4) is 0 Å². The minimum Gasteiger partial charge on any atom is -0.348 e. The monoisotopic (exact) mass is 369 g/mol. The molecule has 0 bridgehead atoms. The maximum absolute atomic E-state index is 12.4. The van der Waals surface area contributed by atoms with Crippen LogP contribution in [0.2, 0.25) is 0 Å². The van der Waals surface area contributed by atoms with Gasteiger partial charge in [0.25, 0.3) is 5.91 Å². The molecule has 27 heavy (non-hydrogen) atoms. The molecular weight excluding hydrogens is 342 g/mol. The summed E-state index contributed by atoms with van der Waals surface area (Å²) < 4.78 is 1.67. The van der Waals surface area contributed by atoms with Crippen molar-refractivity contribution in [3.63, 3.8) is 0 Å². The Kier molecular flexibility index (Phi) is 6.21. The topological polar surface area (TPSA) is 80.1 Å². The average Bonchev–Trinajstić information content (AvgIpc) is 3.18. The Hall–Kier alpha value is -2.70. The van der Waals surface area contributed by atoms with E-state index in [1.54, 1.807) is 10.9 Å². The maximum atomic E-state index is 12.4. The lowest BCUT2D eigenvalue weighted by molar-refractivity contribution is -0.132. The summed E-state index contributed by atoms with van der Waals surface area (Å²) in [5.74, 6) is -0.0146. The molecule has 0 spiro atoms. The van der Waals surface area contributed by atoms with Crippen LogP contribution in [0.5, 0.6) is 0 Å². The minimum atomic E-state index is -0.198. The predicted molar refractivity (Wildman–Crippen MR) is 102 cm³/mol. The SMILES string of the molecule is CC(C)n1cc(C(=O)NC2CCN(C(=O)CCc3ccccc3)CC2)nn1. The Morgan fingerprint density at radius 1 is 1.19 bits per heavy atom. The molecule has 7 nitrogen and oxygen atoms in total. The standard InChI is InChI=1S/C20H27N5O2/c1-15(2)25-14-18(22-23-25)20(27)21-17-10-12-24(13-11-17)19(26)9-8-16-6-4-3-5-7-16/h3-7,14-15,17H,8-13H2,1-2H3,(H,21,27). The molecule has 1 saturated heterocycles. The van der Waals surface area contributed by atoms with E-state index in [2.05, 4.69) is 15.6 Å². The van der Waals surface area contributed by atoms with Crippen LogP contribution in [-0.2, 0) is 11.2 Å².